The average molecular weight is 373 g/mol. The highest BCUT2D eigenvalue weighted by atomic mass is 35.5. The van der Waals surface area contributed by atoms with Crippen molar-refractivity contribution in [1.29, 1.82) is 0 Å². The molecule has 0 radical (unpaired) electrons. The van der Waals surface area contributed by atoms with Gasteiger partial charge in [0.1, 0.15) is 17.3 Å². The van der Waals surface area contributed by atoms with Gasteiger partial charge in [-0.05, 0) is 30.3 Å². The van der Waals surface area contributed by atoms with E-state index >= 15 is 0 Å². The van der Waals surface area contributed by atoms with Crippen LogP contribution in [-0.4, -0.2) is 29.4 Å². The Morgan fingerprint density at radius 2 is 2.12 bits per heavy atom. The van der Waals surface area contributed by atoms with E-state index in [-0.39, 0.29) is 16.3 Å². The largest absolute Gasteiger partial charge is 0.496 e. The lowest BCUT2D eigenvalue weighted by molar-refractivity contribution is 0.0950. The summed E-state index contributed by atoms with van der Waals surface area (Å²) >= 11 is 5.89. The van der Waals surface area contributed by atoms with Gasteiger partial charge in [0.05, 0.1) is 24.0 Å². The Morgan fingerprint density at radius 3 is 2.88 bits per heavy atom. The minimum atomic E-state index is -0.532. The van der Waals surface area contributed by atoms with Gasteiger partial charge in [-0.2, -0.15) is 10.2 Å². The van der Waals surface area contributed by atoms with Gasteiger partial charge >= 0.3 is 0 Å². The number of H-pyrrole nitrogens is 1. The molecule has 1 aromatic heterocycles. The number of aromatic amines is 1. The molecule has 0 fully saturated rings. The van der Waals surface area contributed by atoms with Crippen LogP contribution in [-0.2, 0) is 0 Å². The molecule has 0 aliphatic rings. The zero-order valence-corrected chi connectivity index (χ0v) is 14.4. The Hall–Kier alpha value is -3.19. The van der Waals surface area contributed by atoms with Crippen molar-refractivity contribution in [2.75, 3.05) is 7.11 Å². The van der Waals surface area contributed by atoms with Crippen molar-refractivity contribution in [2.24, 2.45) is 5.10 Å². The number of hydrogen-bond donors (Lipinski definition) is 2. The van der Waals surface area contributed by atoms with E-state index in [0.29, 0.717) is 11.4 Å². The summed E-state index contributed by atoms with van der Waals surface area (Å²) in [5.74, 6) is -0.420. The van der Waals surface area contributed by atoms with Crippen molar-refractivity contribution in [3.8, 4) is 17.0 Å². The maximum absolute atomic E-state index is 13.6. The number of carbonyl (C=O) groups is 1. The molecular formula is C18H14ClFN4O2. The Kier molecular flexibility index (Phi) is 5.28. The first-order chi connectivity index (χ1) is 12.6. The number of methoxy groups -OCH3 is 1. The van der Waals surface area contributed by atoms with Gasteiger partial charge in [0, 0.05) is 11.1 Å². The molecule has 6 nitrogen and oxygen atoms in total. The van der Waals surface area contributed by atoms with Crippen LogP contribution in [0.5, 0.6) is 5.75 Å². The number of nitrogens with one attached hydrogen (secondary N) is 2. The Labute approximate surface area is 153 Å². The first-order valence-corrected chi connectivity index (χ1v) is 7.94. The predicted molar refractivity (Wildman–Crippen MR) is 97.0 cm³/mol. The summed E-state index contributed by atoms with van der Waals surface area (Å²) in [5, 5.41) is 10.7. The SMILES string of the molecule is COc1ccccc1-c1cc(C(=O)N/N=C\c2c(F)cccc2Cl)[nH]n1. The van der Waals surface area contributed by atoms with Crippen molar-refractivity contribution < 1.29 is 13.9 Å². The molecule has 132 valence electrons. The number of hydrogen-bond acceptors (Lipinski definition) is 4. The molecule has 3 aromatic rings. The number of halogens is 2. The van der Waals surface area contributed by atoms with Crippen LogP contribution in [0.4, 0.5) is 4.39 Å². The quantitative estimate of drug-likeness (QED) is 0.530. The van der Waals surface area contributed by atoms with E-state index < -0.39 is 11.7 Å². The number of carbonyl (C=O) groups excluding carboxylic acids is 1. The van der Waals surface area contributed by atoms with E-state index in [1.54, 1.807) is 19.2 Å². The fourth-order valence-electron chi connectivity index (χ4n) is 2.28. The van der Waals surface area contributed by atoms with Crippen LogP contribution in [0.1, 0.15) is 16.1 Å². The van der Waals surface area contributed by atoms with Gasteiger partial charge in [-0.3, -0.25) is 9.89 Å². The van der Waals surface area contributed by atoms with Crippen molar-refractivity contribution in [3.63, 3.8) is 0 Å². The number of aromatic nitrogens is 2. The molecular weight excluding hydrogens is 359 g/mol. The Morgan fingerprint density at radius 1 is 1.31 bits per heavy atom. The van der Waals surface area contributed by atoms with E-state index in [2.05, 4.69) is 20.7 Å². The van der Waals surface area contributed by atoms with Crippen molar-refractivity contribution >= 4 is 23.7 Å². The van der Waals surface area contributed by atoms with Crippen LogP contribution < -0.4 is 10.2 Å². The number of nitrogens with zero attached hydrogens (tertiary/aromatic N) is 2. The number of benzene rings is 2. The molecule has 8 heteroatoms. The Bertz CT molecular complexity index is 951. The number of para-hydroxylation sites is 1. The molecule has 1 heterocycles. The molecule has 0 saturated carbocycles. The van der Waals surface area contributed by atoms with E-state index in [9.17, 15) is 9.18 Å². The smallest absolute Gasteiger partial charge is 0.289 e. The molecule has 1 amide bonds. The van der Waals surface area contributed by atoms with Crippen LogP contribution in [0.3, 0.4) is 0 Å². The summed E-state index contributed by atoms with van der Waals surface area (Å²) in [6, 6.07) is 13.1. The molecule has 26 heavy (non-hydrogen) atoms. The van der Waals surface area contributed by atoms with Crippen LogP contribution in [0.15, 0.2) is 53.6 Å². The molecule has 3 rings (SSSR count). The third kappa shape index (κ3) is 3.73. The second-order valence-corrected chi connectivity index (χ2v) is 5.61. The van der Waals surface area contributed by atoms with Crippen LogP contribution in [0.2, 0.25) is 5.02 Å². The molecule has 0 aliphatic carbocycles. The summed E-state index contributed by atoms with van der Waals surface area (Å²) < 4.78 is 18.9. The molecule has 0 unspecified atom stereocenters. The van der Waals surface area contributed by atoms with Crippen molar-refractivity contribution in [2.45, 2.75) is 0 Å². The standard InChI is InChI=1S/C18H14ClFN4O2/c1-26-17-8-3-2-5-11(17)15-9-16(23-22-15)18(25)24-21-10-12-13(19)6-4-7-14(12)20/h2-10H,1H3,(H,22,23)(H,24,25)/b21-10-. The van der Waals surface area contributed by atoms with Gasteiger partial charge in [0.15, 0.2) is 0 Å². The predicted octanol–water partition coefficient (Wildman–Crippen LogP) is 3.64. The number of rotatable bonds is 5. The van der Waals surface area contributed by atoms with Gasteiger partial charge in [-0.15, -0.1) is 0 Å². The monoisotopic (exact) mass is 372 g/mol. The topological polar surface area (TPSA) is 79.4 Å². The second-order valence-electron chi connectivity index (χ2n) is 5.20. The number of ether oxygens (including phenoxy) is 1. The molecule has 0 atom stereocenters. The minimum Gasteiger partial charge on any atom is -0.496 e. The van der Waals surface area contributed by atoms with Crippen molar-refractivity contribution in [3.05, 3.63) is 70.6 Å². The summed E-state index contributed by atoms with van der Waals surface area (Å²) in [6.45, 7) is 0. The molecule has 0 spiro atoms. The highest BCUT2D eigenvalue weighted by Crippen LogP contribution is 2.28. The second kappa shape index (κ2) is 7.79. The third-order valence-electron chi connectivity index (χ3n) is 3.56. The zero-order chi connectivity index (χ0) is 18.5. The average Bonchev–Trinajstić information content (AvgIpc) is 3.14. The van der Waals surface area contributed by atoms with E-state index in [1.165, 1.54) is 18.2 Å². The number of amides is 1. The summed E-state index contributed by atoms with van der Waals surface area (Å²) in [7, 11) is 1.56. The molecule has 2 aromatic carbocycles. The normalized spacial score (nSPS) is 10.9. The molecule has 2 N–H and O–H groups in total. The lowest BCUT2D eigenvalue weighted by Crippen LogP contribution is -2.18. The van der Waals surface area contributed by atoms with Gasteiger partial charge < -0.3 is 4.74 Å². The van der Waals surface area contributed by atoms with Gasteiger partial charge in [-0.1, -0.05) is 29.8 Å². The van der Waals surface area contributed by atoms with Gasteiger partial charge in [0.25, 0.3) is 5.91 Å². The lowest BCUT2D eigenvalue weighted by Gasteiger charge is -2.04. The first-order valence-electron chi connectivity index (χ1n) is 7.56. The van der Waals surface area contributed by atoms with Crippen LogP contribution >= 0.6 is 11.6 Å². The maximum Gasteiger partial charge on any atom is 0.289 e. The third-order valence-corrected chi connectivity index (χ3v) is 3.89. The summed E-state index contributed by atoms with van der Waals surface area (Å²) in [4.78, 5) is 12.1. The lowest BCUT2D eigenvalue weighted by atomic mass is 10.1. The van der Waals surface area contributed by atoms with E-state index in [1.807, 2.05) is 18.2 Å². The minimum absolute atomic E-state index is 0.0915. The van der Waals surface area contributed by atoms with Crippen LogP contribution in [0.25, 0.3) is 11.3 Å². The van der Waals surface area contributed by atoms with Crippen LogP contribution in [0, 0.1) is 5.82 Å². The van der Waals surface area contributed by atoms with E-state index in [0.717, 1.165) is 11.8 Å². The summed E-state index contributed by atoms with van der Waals surface area (Å²) in [6.07, 6.45) is 1.15. The van der Waals surface area contributed by atoms with Gasteiger partial charge in [-0.25, -0.2) is 9.82 Å². The highest BCUT2D eigenvalue weighted by molar-refractivity contribution is 6.33. The maximum atomic E-state index is 13.6. The fraction of sp³-hybridized carbons (Fsp3) is 0.0556. The highest BCUT2D eigenvalue weighted by Gasteiger charge is 2.13. The Balaban J connectivity index is 1.74. The fourth-order valence-corrected chi connectivity index (χ4v) is 2.49. The zero-order valence-electron chi connectivity index (χ0n) is 13.7. The molecule has 0 saturated heterocycles. The first kappa shape index (κ1) is 17.6. The van der Waals surface area contributed by atoms with Gasteiger partial charge in [0.2, 0.25) is 0 Å². The molecule has 0 aliphatic heterocycles. The van der Waals surface area contributed by atoms with Crippen molar-refractivity contribution in [1.82, 2.24) is 15.6 Å². The number of hydrazone groups is 1. The van der Waals surface area contributed by atoms with E-state index in [4.69, 9.17) is 16.3 Å². The molecule has 0 bridgehead atoms. The summed E-state index contributed by atoms with van der Waals surface area (Å²) in [5.41, 5.74) is 3.88.